The number of amides is 1. The smallest absolute Gasteiger partial charge is 0.238 e. The molecule has 1 amide bonds. The maximum atomic E-state index is 13.7. The number of fused-ring (bicyclic) bond motifs is 1. The highest BCUT2D eigenvalue weighted by Gasteiger charge is 2.21. The molecule has 0 saturated heterocycles. The third-order valence-corrected chi connectivity index (χ3v) is 6.55. The number of hydrogen-bond donors (Lipinski definition) is 2. The third kappa shape index (κ3) is 4.82. The number of nitrogens with zero attached hydrogens (tertiary/aromatic N) is 2. The molecular weight excluding hydrogens is 427 g/mol. The van der Waals surface area contributed by atoms with Crippen LogP contribution in [0.3, 0.4) is 0 Å². The van der Waals surface area contributed by atoms with Gasteiger partial charge in [-0.05, 0) is 56.2 Å². The Morgan fingerprint density at radius 3 is 2.67 bits per heavy atom. The number of carbonyl (C=O) groups is 1. The maximum absolute atomic E-state index is 13.7. The van der Waals surface area contributed by atoms with E-state index in [0.717, 1.165) is 11.9 Å². The van der Waals surface area contributed by atoms with Crippen LogP contribution >= 0.6 is 11.8 Å². The van der Waals surface area contributed by atoms with Crippen LogP contribution in [-0.4, -0.2) is 29.1 Å². The minimum absolute atomic E-state index is 0.0140. The number of halogens is 1. The third-order valence-electron chi connectivity index (χ3n) is 4.55. The molecule has 10 heteroatoms. The summed E-state index contributed by atoms with van der Waals surface area (Å²) in [7, 11) is -3.84. The lowest BCUT2D eigenvalue weighted by Crippen LogP contribution is -2.23. The van der Waals surface area contributed by atoms with Crippen LogP contribution in [0.5, 0.6) is 0 Å². The molecule has 0 fully saturated rings. The molecule has 0 aliphatic rings. The molecule has 7 nitrogen and oxygen atoms in total. The van der Waals surface area contributed by atoms with Gasteiger partial charge in [0.15, 0.2) is 5.16 Å². The first-order chi connectivity index (χ1) is 14.1. The van der Waals surface area contributed by atoms with Gasteiger partial charge in [-0.15, -0.1) is 0 Å². The highest BCUT2D eigenvalue weighted by molar-refractivity contribution is 8.00. The number of benzene rings is 2. The van der Waals surface area contributed by atoms with Gasteiger partial charge in [0.1, 0.15) is 5.82 Å². The van der Waals surface area contributed by atoms with Crippen LogP contribution in [0.1, 0.15) is 25.8 Å². The van der Waals surface area contributed by atoms with Crippen LogP contribution < -0.4 is 10.5 Å². The van der Waals surface area contributed by atoms with Gasteiger partial charge in [-0.1, -0.05) is 24.8 Å². The molecule has 0 saturated carbocycles. The van der Waals surface area contributed by atoms with Gasteiger partial charge in [-0.3, -0.25) is 4.79 Å². The second kappa shape index (κ2) is 8.75. The molecule has 1 heterocycles. The van der Waals surface area contributed by atoms with E-state index in [0.29, 0.717) is 28.5 Å². The first-order valence-corrected chi connectivity index (χ1v) is 11.8. The van der Waals surface area contributed by atoms with E-state index in [1.165, 1.54) is 30.0 Å². The second-order valence-corrected chi connectivity index (χ2v) is 9.82. The van der Waals surface area contributed by atoms with Crippen molar-refractivity contribution in [2.75, 3.05) is 5.32 Å². The minimum Gasteiger partial charge on any atom is -0.325 e. The summed E-state index contributed by atoms with van der Waals surface area (Å²) in [5.74, 6) is -0.674. The summed E-state index contributed by atoms with van der Waals surface area (Å²) in [5.41, 5.74) is 2.14. The molecular formula is C20H23FN4O3S2. The van der Waals surface area contributed by atoms with E-state index in [-0.39, 0.29) is 16.6 Å². The van der Waals surface area contributed by atoms with Gasteiger partial charge in [-0.2, -0.15) is 0 Å². The van der Waals surface area contributed by atoms with Crippen molar-refractivity contribution < 1.29 is 17.6 Å². The lowest BCUT2D eigenvalue weighted by Gasteiger charge is -2.13. The first-order valence-electron chi connectivity index (χ1n) is 9.37. The Balaban J connectivity index is 1.86. The van der Waals surface area contributed by atoms with Crippen LogP contribution in [0.2, 0.25) is 0 Å². The summed E-state index contributed by atoms with van der Waals surface area (Å²) in [6.07, 6.45) is 0.833. The van der Waals surface area contributed by atoms with Crippen LogP contribution in [0.15, 0.2) is 46.5 Å². The van der Waals surface area contributed by atoms with Crippen molar-refractivity contribution in [3.63, 3.8) is 0 Å². The van der Waals surface area contributed by atoms with Crippen molar-refractivity contribution in [1.29, 1.82) is 0 Å². The molecule has 2 aromatic carbocycles. The molecule has 3 aromatic rings. The van der Waals surface area contributed by atoms with Crippen LogP contribution in [0.4, 0.5) is 10.1 Å². The van der Waals surface area contributed by atoms with Crippen LogP contribution in [0.25, 0.3) is 11.0 Å². The van der Waals surface area contributed by atoms with Gasteiger partial charge in [-0.25, -0.2) is 22.9 Å². The molecule has 0 aliphatic heterocycles. The topological polar surface area (TPSA) is 107 Å². The van der Waals surface area contributed by atoms with Crippen molar-refractivity contribution in [2.45, 2.75) is 49.0 Å². The highest BCUT2D eigenvalue weighted by Crippen LogP contribution is 2.29. The maximum Gasteiger partial charge on any atom is 0.238 e. The van der Waals surface area contributed by atoms with Crippen molar-refractivity contribution in [3.8, 4) is 0 Å². The molecule has 1 unspecified atom stereocenters. The number of nitrogens with one attached hydrogen (secondary N) is 1. The number of aromatic nitrogens is 2. The number of anilines is 1. The molecule has 3 rings (SSSR count). The van der Waals surface area contributed by atoms with E-state index in [9.17, 15) is 17.6 Å². The van der Waals surface area contributed by atoms with Gasteiger partial charge in [0, 0.05) is 12.2 Å². The van der Waals surface area contributed by atoms with Gasteiger partial charge in [0.25, 0.3) is 0 Å². The quantitative estimate of drug-likeness (QED) is 0.534. The Morgan fingerprint density at radius 1 is 1.30 bits per heavy atom. The number of imidazole rings is 1. The Morgan fingerprint density at radius 2 is 2.03 bits per heavy atom. The van der Waals surface area contributed by atoms with Gasteiger partial charge < -0.3 is 9.88 Å². The standard InChI is InChI=1S/C20H23FN4O3S2/c1-4-9-25-18-8-7-15(30(22,27)28)11-17(18)24-20(25)29-13(3)19(26)23-14-6-5-12(2)16(21)10-14/h5-8,10-11,13H,4,9H2,1-3H3,(H,23,26)(H2,22,27,28). The molecule has 160 valence electrons. The van der Waals surface area contributed by atoms with Crippen LogP contribution in [0, 0.1) is 12.7 Å². The zero-order valence-electron chi connectivity index (χ0n) is 16.8. The Hall–Kier alpha value is -2.43. The van der Waals surface area contributed by atoms with Crippen molar-refractivity contribution in [2.24, 2.45) is 5.14 Å². The van der Waals surface area contributed by atoms with E-state index >= 15 is 0 Å². The lowest BCUT2D eigenvalue weighted by molar-refractivity contribution is -0.115. The van der Waals surface area contributed by atoms with Crippen molar-refractivity contribution in [1.82, 2.24) is 9.55 Å². The molecule has 30 heavy (non-hydrogen) atoms. The van der Waals surface area contributed by atoms with Crippen molar-refractivity contribution in [3.05, 3.63) is 47.8 Å². The first kappa shape index (κ1) is 22.3. The number of rotatable bonds is 7. The van der Waals surface area contributed by atoms with Gasteiger partial charge in [0.2, 0.25) is 15.9 Å². The Bertz CT molecular complexity index is 1210. The normalized spacial score (nSPS) is 12.8. The number of aryl methyl sites for hydroxylation is 2. The molecule has 1 aromatic heterocycles. The average molecular weight is 451 g/mol. The van der Waals surface area contributed by atoms with Crippen LogP contribution in [-0.2, 0) is 21.4 Å². The lowest BCUT2D eigenvalue weighted by atomic mass is 10.2. The zero-order valence-corrected chi connectivity index (χ0v) is 18.5. The number of carbonyl (C=O) groups excluding carboxylic acids is 1. The molecule has 0 bridgehead atoms. The molecule has 0 radical (unpaired) electrons. The van der Waals surface area contributed by atoms with Crippen molar-refractivity contribution >= 4 is 44.4 Å². The zero-order chi connectivity index (χ0) is 22.1. The molecule has 0 aliphatic carbocycles. The summed E-state index contributed by atoms with van der Waals surface area (Å²) in [5, 5.41) is 8.01. The monoisotopic (exact) mass is 450 g/mol. The van der Waals surface area contributed by atoms with Gasteiger partial charge in [0.05, 0.1) is 21.2 Å². The molecule has 0 spiro atoms. The largest absolute Gasteiger partial charge is 0.325 e. The average Bonchev–Trinajstić information content (AvgIpc) is 3.01. The Labute approximate surface area is 178 Å². The number of hydrogen-bond acceptors (Lipinski definition) is 5. The fraction of sp³-hybridized carbons (Fsp3) is 0.300. The number of sulfonamides is 1. The highest BCUT2D eigenvalue weighted by atomic mass is 32.2. The van der Waals surface area contributed by atoms with E-state index in [1.54, 1.807) is 32.0 Å². The fourth-order valence-corrected chi connectivity index (χ4v) is 4.40. The summed E-state index contributed by atoms with van der Waals surface area (Å²) in [6, 6.07) is 9.08. The fourth-order valence-electron chi connectivity index (χ4n) is 2.92. The Kier molecular flexibility index (Phi) is 6.49. The molecule has 3 N–H and O–H groups in total. The predicted molar refractivity (Wildman–Crippen MR) is 116 cm³/mol. The predicted octanol–water partition coefficient (Wildman–Crippen LogP) is 3.66. The minimum atomic E-state index is -3.84. The number of nitrogens with two attached hydrogens (primary N) is 1. The van der Waals surface area contributed by atoms with E-state index in [1.807, 2.05) is 11.5 Å². The van der Waals surface area contributed by atoms with Gasteiger partial charge >= 0.3 is 0 Å². The van der Waals surface area contributed by atoms with E-state index in [4.69, 9.17) is 5.14 Å². The second-order valence-electron chi connectivity index (χ2n) is 6.95. The number of primary sulfonamides is 1. The SMILES string of the molecule is CCCn1c(SC(C)C(=O)Nc2ccc(C)c(F)c2)nc2cc(S(N)(=O)=O)ccc21. The molecule has 1 atom stereocenters. The number of thioether (sulfide) groups is 1. The van der Waals surface area contributed by atoms with E-state index < -0.39 is 15.3 Å². The summed E-state index contributed by atoms with van der Waals surface area (Å²) >= 11 is 1.25. The summed E-state index contributed by atoms with van der Waals surface area (Å²) in [6.45, 7) is 6.06. The summed E-state index contributed by atoms with van der Waals surface area (Å²) < 4.78 is 39.0. The summed E-state index contributed by atoms with van der Waals surface area (Å²) in [4.78, 5) is 17.1. The van der Waals surface area contributed by atoms with E-state index in [2.05, 4.69) is 10.3 Å².